The van der Waals surface area contributed by atoms with Crippen LogP contribution in [-0.4, -0.2) is 24.2 Å². The van der Waals surface area contributed by atoms with Crippen LogP contribution in [0.15, 0.2) is 18.2 Å². The summed E-state index contributed by atoms with van der Waals surface area (Å²) in [7, 11) is 0. The maximum atomic E-state index is 13.8. The highest BCUT2D eigenvalue weighted by atomic mass is 19.1. The monoisotopic (exact) mass is 237 g/mol. The number of aromatic carboxylic acids is 1. The predicted octanol–water partition coefficient (Wildman–Crippen LogP) is 2.76. The molecule has 0 aromatic heterocycles. The van der Waals surface area contributed by atoms with Gasteiger partial charge in [-0.05, 0) is 24.5 Å². The number of anilines is 1. The van der Waals surface area contributed by atoms with E-state index < -0.39 is 11.8 Å². The Bertz CT molecular complexity index is 433. The molecule has 1 fully saturated rings. The Morgan fingerprint density at radius 1 is 1.59 bits per heavy atom. The topological polar surface area (TPSA) is 40.5 Å². The third kappa shape index (κ3) is 2.25. The lowest BCUT2D eigenvalue weighted by Gasteiger charge is -2.21. The minimum absolute atomic E-state index is 0.0572. The van der Waals surface area contributed by atoms with E-state index in [4.69, 9.17) is 5.11 Å². The third-order valence-corrected chi connectivity index (χ3v) is 3.40. The predicted molar refractivity (Wildman–Crippen MR) is 64.0 cm³/mol. The van der Waals surface area contributed by atoms with Crippen LogP contribution >= 0.6 is 0 Å². The van der Waals surface area contributed by atoms with Crippen molar-refractivity contribution in [3.63, 3.8) is 0 Å². The van der Waals surface area contributed by atoms with Gasteiger partial charge in [0.15, 0.2) is 0 Å². The molecule has 0 aliphatic carbocycles. The molecule has 0 spiro atoms. The second kappa shape index (κ2) is 4.73. The fourth-order valence-electron chi connectivity index (χ4n) is 2.38. The molecule has 0 saturated carbocycles. The highest BCUT2D eigenvalue weighted by Crippen LogP contribution is 2.30. The Morgan fingerprint density at radius 2 is 2.35 bits per heavy atom. The molecule has 1 aliphatic rings. The van der Waals surface area contributed by atoms with E-state index in [-0.39, 0.29) is 11.3 Å². The van der Waals surface area contributed by atoms with Crippen molar-refractivity contribution in [1.82, 2.24) is 0 Å². The van der Waals surface area contributed by atoms with Gasteiger partial charge >= 0.3 is 5.97 Å². The van der Waals surface area contributed by atoms with Crippen LogP contribution < -0.4 is 4.90 Å². The van der Waals surface area contributed by atoms with Crippen LogP contribution in [0.1, 0.15) is 30.1 Å². The van der Waals surface area contributed by atoms with Gasteiger partial charge in [-0.25, -0.2) is 9.18 Å². The first-order valence-corrected chi connectivity index (χ1v) is 5.90. The van der Waals surface area contributed by atoms with Crippen LogP contribution in [0.2, 0.25) is 0 Å². The smallest absolute Gasteiger partial charge is 0.337 e. The minimum Gasteiger partial charge on any atom is -0.478 e. The Morgan fingerprint density at radius 3 is 2.94 bits per heavy atom. The number of carbonyl (C=O) groups is 1. The van der Waals surface area contributed by atoms with Crippen molar-refractivity contribution in [3.8, 4) is 0 Å². The Balaban J connectivity index is 2.34. The van der Waals surface area contributed by atoms with Crippen LogP contribution in [0.3, 0.4) is 0 Å². The Kier molecular flexibility index (Phi) is 3.31. The van der Waals surface area contributed by atoms with Crippen molar-refractivity contribution in [2.24, 2.45) is 5.92 Å². The lowest BCUT2D eigenvalue weighted by atomic mass is 10.1. The highest BCUT2D eigenvalue weighted by molar-refractivity contribution is 5.94. The van der Waals surface area contributed by atoms with Gasteiger partial charge in [0.05, 0.1) is 11.3 Å². The molecule has 2 rings (SSSR count). The van der Waals surface area contributed by atoms with E-state index >= 15 is 0 Å². The summed E-state index contributed by atoms with van der Waals surface area (Å²) >= 11 is 0. The van der Waals surface area contributed by atoms with Crippen LogP contribution in [0.5, 0.6) is 0 Å². The molecule has 1 aliphatic heterocycles. The van der Waals surface area contributed by atoms with Gasteiger partial charge in [0, 0.05) is 13.1 Å². The quantitative estimate of drug-likeness (QED) is 0.878. The average molecular weight is 237 g/mol. The first-order chi connectivity index (χ1) is 8.13. The second-order valence-corrected chi connectivity index (χ2v) is 4.45. The van der Waals surface area contributed by atoms with Gasteiger partial charge in [-0.2, -0.15) is 0 Å². The normalized spacial score (nSPS) is 19.6. The molecule has 1 aromatic rings. The zero-order valence-corrected chi connectivity index (χ0v) is 9.82. The minimum atomic E-state index is -1.07. The van der Waals surface area contributed by atoms with E-state index in [0.29, 0.717) is 5.92 Å². The maximum Gasteiger partial charge on any atom is 0.337 e. The number of hydrogen-bond acceptors (Lipinski definition) is 2. The summed E-state index contributed by atoms with van der Waals surface area (Å²) in [6.45, 7) is 3.59. The first-order valence-electron chi connectivity index (χ1n) is 5.90. The molecule has 3 nitrogen and oxygen atoms in total. The molecular weight excluding hydrogens is 221 g/mol. The van der Waals surface area contributed by atoms with E-state index in [2.05, 4.69) is 6.92 Å². The second-order valence-electron chi connectivity index (χ2n) is 4.45. The van der Waals surface area contributed by atoms with Gasteiger partial charge in [-0.15, -0.1) is 0 Å². The van der Waals surface area contributed by atoms with E-state index in [1.165, 1.54) is 18.2 Å². The fraction of sp³-hybridized carbons (Fsp3) is 0.462. The van der Waals surface area contributed by atoms with Crippen LogP contribution in [0, 0.1) is 11.7 Å². The van der Waals surface area contributed by atoms with Crippen molar-refractivity contribution in [2.45, 2.75) is 19.8 Å². The van der Waals surface area contributed by atoms with Crippen molar-refractivity contribution in [3.05, 3.63) is 29.6 Å². The molecule has 1 N–H and O–H groups in total. The third-order valence-electron chi connectivity index (χ3n) is 3.40. The number of carboxylic acids is 1. The number of hydrogen-bond donors (Lipinski definition) is 1. The number of benzene rings is 1. The van der Waals surface area contributed by atoms with Gasteiger partial charge < -0.3 is 10.0 Å². The molecule has 0 amide bonds. The molecule has 17 heavy (non-hydrogen) atoms. The Labute approximate surface area is 99.9 Å². The van der Waals surface area contributed by atoms with Gasteiger partial charge in [0.2, 0.25) is 0 Å². The molecular formula is C13H16FNO2. The van der Waals surface area contributed by atoms with Crippen LogP contribution in [0.25, 0.3) is 0 Å². The fourth-order valence-corrected chi connectivity index (χ4v) is 2.38. The zero-order chi connectivity index (χ0) is 12.4. The molecule has 1 unspecified atom stereocenters. The van der Waals surface area contributed by atoms with Gasteiger partial charge in [-0.1, -0.05) is 19.4 Å². The van der Waals surface area contributed by atoms with Gasteiger partial charge in [0.25, 0.3) is 0 Å². The summed E-state index contributed by atoms with van der Waals surface area (Å²) in [5.41, 5.74) is 0.303. The van der Waals surface area contributed by atoms with E-state index in [0.717, 1.165) is 25.9 Å². The van der Waals surface area contributed by atoms with E-state index in [1.807, 2.05) is 4.90 Å². The summed E-state index contributed by atoms with van der Waals surface area (Å²) in [6, 6.07) is 4.22. The number of para-hydroxylation sites is 1. The average Bonchev–Trinajstić information content (AvgIpc) is 2.76. The van der Waals surface area contributed by atoms with Crippen molar-refractivity contribution in [2.75, 3.05) is 18.0 Å². The van der Waals surface area contributed by atoms with Crippen LogP contribution in [0.4, 0.5) is 10.1 Å². The van der Waals surface area contributed by atoms with Gasteiger partial charge in [0.1, 0.15) is 5.82 Å². The maximum absolute atomic E-state index is 13.8. The number of rotatable bonds is 3. The zero-order valence-electron chi connectivity index (χ0n) is 9.82. The SMILES string of the molecule is CCC1CCN(c2c(F)cccc2C(=O)O)C1. The van der Waals surface area contributed by atoms with E-state index in [9.17, 15) is 9.18 Å². The molecule has 4 heteroatoms. The number of halogens is 1. The molecule has 1 atom stereocenters. The first kappa shape index (κ1) is 11.9. The largest absolute Gasteiger partial charge is 0.478 e. The molecule has 1 saturated heterocycles. The van der Waals surface area contributed by atoms with Crippen molar-refractivity contribution >= 4 is 11.7 Å². The van der Waals surface area contributed by atoms with Gasteiger partial charge in [-0.3, -0.25) is 0 Å². The molecule has 0 bridgehead atoms. The summed E-state index contributed by atoms with van der Waals surface area (Å²) < 4.78 is 13.8. The van der Waals surface area contributed by atoms with Crippen LogP contribution in [-0.2, 0) is 0 Å². The van der Waals surface area contributed by atoms with E-state index in [1.54, 1.807) is 0 Å². The molecule has 92 valence electrons. The highest BCUT2D eigenvalue weighted by Gasteiger charge is 2.26. The lowest BCUT2D eigenvalue weighted by molar-refractivity contribution is 0.0697. The van der Waals surface area contributed by atoms with Crippen molar-refractivity contribution in [1.29, 1.82) is 0 Å². The Hall–Kier alpha value is -1.58. The number of carboxylic acid groups (broad SMARTS) is 1. The summed E-state index contributed by atoms with van der Waals surface area (Å²) in [4.78, 5) is 12.9. The summed E-state index contributed by atoms with van der Waals surface area (Å²) in [5.74, 6) is -0.975. The lowest BCUT2D eigenvalue weighted by Crippen LogP contribution is -2.23. The number of nitrogens with zero attached hydrogens (tertiary/aromatic N) is 1. The molecule has 1 heterocycles. The molecule has 1 aromatic carbocycles. The summed E-state index contributed by atoms with van der Waals surface area (Å²) in [6.07, 6.45) is 2.05. The standard InChI is InChI=1S/C13H16FNO2/c1-2-9-6-7-15(8-9)12-10(13(16)17)4-3-5-11(12)14/h3-5,9H,2,6-8H2,1H3,(H,16,17). The molecule has 0 radical (unpaired) electrons. The summed E-state index contributed by atoms with van der Waals surface area (Å²) in [5, 5.41) is 9.08. The van der Waals surface area contributed by atoms with Crippen molar-refractivity contribution < 1.29 is 14.3 Å².